The summed E-state index contributed by atoms with van der Waals surface area (Å²) in [7, 11) is 0. The molecule has 1 amide bonds. The highest BCUT2D eigenvalue weighted by Gasteiger charge is 2.36. The summed E-state index contributed by atoms with van der Waals surface area (Å²) in [5, 5.41) is 6.23. The molecule has 0 aromatic heterocycles. The number of halogens is 2. The molecule has 2 aliphatic heterocycles. The van der Waals surface area contributed by atoms with Crippen LogP contribution in [0.3, 0.4) is 0 Å². The van der Waals surface area contributed by atoms with Crippen LogP contribution in [0.25, 0.3) is 0 Å². The number of fused-ring (bicyclic) bond motifs is 1. The van der Waals surface area contributed by atoms with Crippen LogP contribution in [0.4, 0.5) is 5.69 Å². The summed E-state index contributed by atoms with van der Waals surface area (Å²) in [4.78, 5) is 16.2. The minimum atomic E-state index is -0.394. The van der Waals surface area contributed by atoms with E-state index >= 15 is 0 Å². The fraction of sp³-hybridized carbons (Fsp3) is 0.0833. The van der Waals surface area contributed by atoms with E-state index in [-0.39, 0.29) is 5.91 Å². The predicted molar refractivity (Wildman–Crippen MR) is 72.5 cm³/mol. The van der Waals surface area contributed by atoms with Crippen LogP contribution in [0.2, 0.25) is 10.0 Å². The van der Waals surface area contributed by atoms with Crippen LogP contribution < -0.4 is 5.01 Å². The van der Waals surface area contributed by atoms with Crippen molar-refractivity contribution in [2.24, 2.45) is 16.0 Å². The highest BCUT2D eigenvalue weighted by Crippen LogP contribution is 2.37. The third-order valence-corrected chi connectivity index (χ3v) is 3.34. The Bertz CT molecular complexity index is 601. The normalized spacial score (nSPS) is 21.2. The van der Waals surface area contributed by atoms with Crippen LogP contribution >= 0.6 is 23.2 Å². The lowest BCUT2D eigenvalue weighted by Crippen LogP contribution is -2.27. The van der Waals surface area contributed by atoms with Crippen molar-refractivity contribution >= 4 is 46.7 Å². The number of hydrogen-bond donors (Lipinski definition) is 0. The zero-order valence-electron chi connectivity index (χ0n) is 9.05. The van der Waals surface area contributed by atoms with Gasteiger partial charge in [-0.1, -0.05) is 29.3 Å². The third-order valence-electron chi connectivity index (χ3n) is 2.73. The van der Waals surface area contributed by atoms with Gasteiger partial charge in [0.2, 0.25) is 0 Å². The van der Waals surface area contributed by atoms with Crippen molar-refractivity contribution in [3.63, 3.8) is 0 Å². The third kappa shape index (κ3) is 1.65. The van der Waals surface area contributed by atoms with Crippen LogP contribution in [-0.2, 0) is 4.79 Å². The molecule has 0 saturated carbocycles. The second-order valence-corrected chi connectivity index (χ2v) is 4.66. The highest BCUT2D eigenvalue weighted by atomic mass is 35.5. The average Bonchev–Trinajstić information content (AvgIpc) is 2.68. The Morgan fingerprint density at radius 1 is 1.22 bits per heavy atom. The topological polar surface area (TPSA) is 45.0 Å². The molecule has 0 radical (unpaired) electrons. The van der Waals surface area contributed by atoms with E-state index in [2.05, 4.69) is 10.1 Å². The Morgan fingerprint density at radius 3 is 2.61 bits per heavy atom. The Labute approximate surface area is 113 Å². The molecule has 6 heteroatoms. The molecule has 0 saturated heterocycles. The molecule has 0 aliphatic carbocycles. The number of hydrogen-bond acceptors (Lipinski definition) is 3. The van der Waals surface area contributed by atoms with Crippen LogP contribution in [-0.4, -0.2) is 17.8 Å². The molecule has 0 fully saturated rings. The number of carbonyl (C=O) groups excluding carboxylic acids is 1. The standard InChI is InChI=1S/C12H7Cl2N3O/c13-8-2-1-3-9(14)11(8)17-12(18)7-4-5-15-6-10(7)16-17/h1-7H. The van der Waals surface area contributed by atoms with E-state index in [1.165, 1.54) is 5.01 Å². The molecule has 1 aromatic carbocycles. The molecule has 0 bridgehead atoms. The summed E-state index contributed by atoms with van der Waals surface area (Å²) >= 11 is 12.1. The largest absolute Gasteiger partial charge is 0.271 e. The van der Waals surface area contributed by atoms with Crippen molar-refractivity contribution in [1.82, 2.24) is 0 Å². The van der Waals surface area contributed by atoms with Gasteiger partial charge < -0.3 is 0 Å². The first-order chi connectivity index (χ1) is 8.68. The van der Waals surface area contributed by atoms with Gasteiger partial charge in [0.05, 0.1) is 22.0 Å². The molecular weight excluding hydrogens is 273 g/mol. The van der Waals surface area contributed by atoms with E-state index in [0.717, 1.165) is 0 Å². The quantitative estimate of drug-likeness (QED) is 0.780. The molecule has 1 unspecified atom stereocenters. The Balaban J connectivity index is 2.09. The molecule has 90 valence electrons. The Morgan fingerprint density at radius 2 is 1.94 bits per heavy atom. The lowest BCUT2D eigenvalue weighted by atomic mass is 10.0. The molecule has 1 atom stereocenters. The van der Waals surface area contributed by atoms with Crippen molar-refractivity contribution in [3.05, 3.63) is 40.5 Å². The maximum absolute atomic E-state index is 12.2. The molecule has 2 aliphatic rings. The number of aliphatic imine (C=N–C) groups is 1. The molecule has 0 spiro atoms. The fourth-order valence-electron chi connectivity index (χ4n) is 1.88. The second kappa shape index (κ2) is 4.23. The van der Waals surface area contributed by atoms with E-state index in [4.69, 9.17) is 23.2 Å². The van der Waals surface area contributed by atoms with Crippen LogP contribution in [0.1, 0.15) is 0 Å². The predicted octanol–water partition coefficient (Wildman–Crippen LogP) is 2.91. The maximum Gasteiger partial charge on any atom is 0.260 e. The van der Waals surface area contributed by atoms with Crippen LogP contribution in [0, 0.1) is 5.92 Å². The van der Waals surface area contributed by atoms with Gasteiger partial charge in [-0.15, -0.1) is 0 Å². The van der Waals surface area contributed by atoms with Crippen LogP contribution in [0.15, 0.2) is 40.6 Å². The van der Waals surface area contributed by atoms with Gasteiger partial charge >= 0.3 is 0 Å². The van der Waals surface area contributed by atoms with Gasteiger partial charge in [-0.3, -0.25) is 9.79 Å². The lowest BCUT2D eigenvalue weighted by Gasteiger charge is -2.15. The fourth-order valence-corrected chi connectivity index (χ4v) is 2.44. The summed E-state index contributed by atoms with van der Waals surface area (Å²) in [6.45, 7) is 0. The number of para-hydroxylation sites is 1. The van der Waals surface area contributed by atoms with Crippen molar-refractivity contribution in [1.29, 1.82) is 0 Å². The number of carbonyl (C=O) groups is 1. The number of rotatable bonds is 1. The smallest absolute Gasteiger partial charge is 0.260 e. The lowest BCUT2D eigenvalue weighted by molar-refractivity contribution is -0.118. The molecule has 3 rings (SSSR count). The van der Waals surface area contributed by atoms with Gasteiger partial charge in [-0.2, -0.15) is 10.1 Å². The van der Waals surface area contributed by atoms with E-state index in [9.17, 15) is 4.79 Å². The van der Waals surface area contributed by atoms with E-state index < -0.39 is 5.92 Å². The van der Waals surface area contributed by atoms with E-state index in [1.54, 1.807) is 36.7 Å². The first-order valence-electron chi connectivity index (χ1n) is 5.25. The molecule has 4 nitrogen and oxygen atoms in total. The summed E-state index contributed by atoms with van der Waals surface area (Å²) in [6.07, 6.45) is 4.85. The molecule has 0 N–H and O–H groups in total. The number of amides is 1. The van der Waals surface area contributed by atoms with Crippen molar-refractivity contribution in [3.8, 4) is 0 Å². The van der Waals surface area contributed by atoms with Gasteiger partial charge in [-0.25, -0.2) is 0 Å². The maximum atomic E-state index is 12.2. The molecule has 18 heavy (non-hydrogen) atoms. The minimum absolute atomic E-state index is 0.178. The number of nitrogens with zero attached hydrogens (tertiary/aromatic N) is 3. The average molecular weight is 280 g/mol. The minimum Gasteiger partial charge on any atom is -0.271 e. The Kier molecular flexibility index (Phi) is 2.69. The monoisotopic (exact) mass is 279 g/mol. The first-order valence-corrected chi connectivity index (χ1v) is 6.00. The molecule has 1 aromatic rings. The zero-order chi connectivity index (χ0) is 12.7. The van der Waals surface area contributed by atoms with Gasteiger partial charge in [-0.05, 0) is 18.2 Å². The number of benzene rings is 1. The molecular formula is C12H7Cl2N3O. The number of anilines is 1. The summed E-state index contributed by atoms with van der Waals surface area (Å²) < 4.78 is 0. The van der Waals surface area contributed by atoms with Gasteiger partial charge in [0, 0.05) is 6.20 Å². The summed E-state index contributed by atoms with van der Waals surface area (Å²) in [6, 6.07) is 5.06. The SMILES string of the molecule is O=C1C2C=CN=CC2=NN1c1c(Cl)cccc1Cl. The van der Waals surface area contributed by atoms with Crippen LogP contribution in [0.5, 0.6) is 0 Å². The zero-order valence-corrected chi connectivity index (χ0v) is 10.6. The van der Waals surface area contributed by atoms with Gasteiger partial charge in [0.1, 0.15) is 11.6 Å². The highest BCUT2D eigenvalue weighted by molar-refractivity contribution is 6.44. The Hall–Kier alpha value is -1.65. The number of hydrazone groups is 1. The molecule has 2 heterocycles. The van der Waals surface area contributed by atoms with E-state index in [1.807, 2.05) is 0 Å². The van der Waals surface area contributed by atoms with Crippen molar-refractivity contribution < 1.29 is 4.79 Å². The van der Waals surface area contributed by atoms with Gasteiger partial charge in [0.15, 0.2) is 0 Å². The second-order valence-electron chi connectivity index (χ2n) is 3.84. The first kappa shape index (κ1) is 11.4. The van der Waals surface area contributed by atoms with Crippen molar-refractivity contribution in [2.45, 2.75) is 0 Å². The summed E-state index contributed by atoms with van der Waals surface area (Å²) in [5.41, 5.74) is 1.01. The summed E-state index contributed by atoms with van der Waals surface area (Å²) in [5.74, 6) is -0.572. The van der Waals surface area contributed by atoms with E-state index in [0.29, 0.717) is 21.4 Å². The van der Waals surface area contributed by atoms with Crippen molar-refractivity contribution in [2.75, 3.05) is 5.01 Å². The van der Waals surface area contributed by atoms with Gasteiger partial charge in [0.25, 0.3) is 5.91 Å².